The number of urea groups is 1. The van der Waals surface area contributed by atoms with Crippen molar-refractivity contribution in [3.63, 3.8) is 0 Å². The highest BCUT2D eigenvalue weighted by Gasteiger charge is 2.12. The maximum Gasteiger partial charge on any atom is 0.319 e. The van der Waals surface area contributed by atoms with Crippen LogP contribution >= 0.6 is 15.9 Å². The maximum absolute atomic E-state index is 12.1. The molecular formula is C16H17BrN2O. The summed E-state index contributed by atoms with van der Waals surface area (Å²) >= 11 is 3.41. The third kappa shape index (κ3) is 3.84. The van der Waals surface area contributed by atoms with Crippen molar-refractivity contribution in [3.05, 3.63) is 64.6 Å². The molecule has 2 amide bonds. The summed E-state index contributed by atoms with van der Waals surface area (Å²) in [5, 5.41) is 5.84. The Morgan fingerprint density at radius 1 is 1.10 bits per heavy atom. The van der Waals surface area contributed by atoms with Crippen LogP contribution in [0.3, 0.4) is 0 Å². The molecule has 0 spiro atoms. The van der Waals surface area contributed by atoms with Crippen LogP contribution in [0, 0.1) is 0 Å². The Morgan fingerprint density at radius 2 is 1.75 bits per heavy atom. The second-order valence-corrected chi connectivity index (χ2v) is 5.30. The second kappa shape index (κ2) is 7.10. The van der Waals surface area contributed by atoms with Gasteiger partial charge in [-0.25, -0.2) is 4.79 Å². The van der Waals surface area contributed by atoms with E-state index in [1.165, 1.54) is 0 Å². The number of anilines is 1. The van der Waals surface area contributed by atoms with Gasteiger partial charge in [0, 0.05) is 4.47 Å². The van der Waals surface area contributed by atoms with Crippen LogP contribution < -0.4 is 10.6 Å². The van der Waals surface area contributed by atoms with Crippen molar-refractivity contribution in [2.45, 2.75) is 19.4 Å². The zero-order chi connectivity index (χ0) is 14.4. The molecule has 0 fully saturated rings. The molecular weight excluding hydrogens is 316 g/mol. The monoisotopic (exact) mass is 332 g/mol. The van der Waals surface area contributed by atoms with E-state index in [0.717, 1.165) is 22.1 Å². The molecule has 0 bridgehead atoms. The van der Waals surface area contributed by atoms with Crippen molar-refractivity contribution in [3.8, 4) is 0 Å². The molecule has 2 N–H and O–H groups in total. The van der Waals surface area contributed by atoms with Crippen LogP contribution in [0.15, 0.2) is 59.1 Å². The van der Waals surface area contributed by atoms with E-state index in [2.05, 4.69) is 33.5 Å². The fraction of sp³-hybridized carbons (Fsp3) is 0.188. The minimum absolute atomic E-state index is 0.0127. The summed E-state index contributed by atoms with van der Waals surface area (Å²) in [6.45, 7) is 2.05. The summed E-state index contributed by atoms with van der Waals surface area (Å²) in [5.74, 6) is 0. The Morgan fingerprint density at radius 3 is 2.40 bits per heavy atom. The van der Waals surface area contributed by atoms with Crippen LogP contribution in [0.5, 0.6) is 0 Å². The number of carbonyl (C=O) groups excluding carboxylic acids is 1. The standard InChI is InChI=1S/C16H17BrN2O/c1-2-14(12-8-4-3-5-9-12)18-16(20)19-15-11-7-6-10-13(15)17/h3-11,14H,2H2,1H3,(H2,18,19,20)/t14-/m0/s1. The zero-order valence-corrected chi connectivity index (χ0v) is 12.9. The Bertz CT molecular complexity index is 572. The van der Waals surface area contributed by atoms with E-state index in [-0.39, 0.29) is 12.1 Å². The second-order valence-electron chi connectivity index (χ2n) is 4.45. The van der Waals surface area contributed by atoms with Gasteiger partial charge in [0.25, 0.3) is 0 Å². The van der Waals surface area contributed by atoms with Crippen LogP contribution in [0.25, 0.3) is 0 Å². The molecule has 1 atom stereocenters. The highest BCUT2D eigenvalue weighted by atomic mass is 79.9. The molecule has 3 nitrogen and oxygen atoms in total. The quantitative estimate of drug-likeness (QED) is 0.835. The molecule has 2 rings (SSSR count). The molecule has 2 aromatic carbocycles. The van der Waals surface area contributed by atoms with Crippen LogP contribution in [-0.2, 0) is 0 Å². The van der Waals surface area contributed by atoms with Gasteiger partial charge in [0.1, 0.15) is 0 Å². The lowest BCUT2D eigenvalue weighted by molar-refractivity contribution is 0.248. The molecule has 2 aromatic rings. The lowest BCUT2D eigenvalue weighted by Crippen LogP contribution is -2.32. The van der Waals surface area contributed by atoms with Crippen LogP contribution in [-0.4, -0.2) is 6.03 Å². The number of amides is 2. The SMILES string of the molecule is CC[C@H](NC(=O)Nc1ccccc1Br)c1ccccc1. The molecule has 0 heterocycles. The van der Waals surface area contributed by atoms with Gasteiger partial charge in [-0.3, -0.25) is 0 Å². The van der Waals surface area contributed by atoms with Crippen molar-refractivity contribution < 1.29 is 4.79 Å². The Balaban J connectivity index is 2.02. The molecule has 0 unspecified atom stereocenters. The van der Waals surface area contributed by atoms with E-state index < -0.39 is 0 Å². The van der Waals surface area contributed by atoms with Crippen LogP contribution in [0.4, 0.5) is 10.5 Å². The lowest BCUT2D eigenvalue weighted by Gasteiger charge is -2.18. The summed E-state index contributed by atoms with van der Waals surface area (Å²) in [4.78, 5) is 12.1. The highest BCUT2D eigenvalue weighted by molar-refractivity contribution is 9.10. The molecule has 104 valence electrons. The minimum Gasteiger partial charge on any atom is -0.331 e. The molecule has 0 saturated carbocycles. The van der Waals surface area contributed by atoms with Gasteiger partial charge in [-0.2, -0.15) is 0 Å². The minimum atomic E-state index is -0.201. The van der Waals surface area contributed by atoms with Crippen molar-refractivity contribution in [1.29, 1.82) is 0 Å². The molecule has 0 saturated heterocycles. The number of carbonyl (C=O) groups is 1. The summed E-state index contributed by atoms with van der Waals surface area (Å²) in [6, 6.07) is 17.3. The van der Waals surface area contributed by atoms with Crippen LogP contribution in [0.2, 0.25) is 0 Å². The predicted molar refractivity (Wildman–Crippen MR) is 85.8 cm³/mol. The van der Waals surface area contributed by atoms with E-state index >= 15 is 0 Å². The smallest absolute Gasteiger partial charge is 0.319 e. The third-order valence-electron chi connectivity index (χ3n) is 3.04. The molecule has 0 aliphatic rings. The Labute approximate surface area is 127 Å². The average Bonchev–Trinajstić information content (AvgIpc) is 2.48. The van der Waals surface area contributed by atoms with E-state index in [4.69, 9.17) is 0 Å². The van der Waals surface area contributed by atoms with E-state index in [9.17, 15) is 4.79 Å². The lowest BCUT2D eigenvalue weighted by atomic mass is 10.1. The Hall–Kier alpha value is -1.81. The van der Waals surface area contributed by atoms with E-state index in [0.29, 0.717) is 0 Å². The molecule has 20 heavy (non-hydrogen) atoms. The summed E-state index contributed by atoms with van der Waals surface area (Å²) in [6.07, 6.45) is 0.841. The fourth-order valence-electron chi connectivity index (χ4n) is 1.99. The summed E-state index contributed by atoms with van der Waals surface area (Å²) < 4.78 is 0.864. The van der Waals surface area contributed by atoms with Gasteiger partial charge in [0.15, 0.2) is 0 Å². The van der Waals surface area contributed by atoms with Gasteiger partial charge in [0.05, 0.1) is 11.7 Å². The first-order valence-corrected chi connectivity index (χ1v) is 7.37. The largest absolute Gasteiger partial charge is 0.331 e. The topological polar surface area (TPSA) is 41.1 Å². The number of nitrogens with one attached hydrogen (secondary N) is 2. The summed E-state index contributed by atoms with van der Waals surface area (Å²) in [5.41, 5.74) is 1.87. The summed E-state index contributed by atoms with van der Waals surface area (Å²) in [7, 11) is 0. The molecule has 4 heteroatoms. The fourth-order valence-corrected chi connectivity index (χ4v) is 2.37. The van der Waals surface area contributed by atoms with Crippen molar-refractivity contribution in [2.24, 2.45) is 0 Å². The number of para-hydroxylation sites is 1. The van der Waals surface area contributed by atoms with Gasteiger partial charge < -0.3 is 10.6 Å². The number of hydrogen-bond acceptors (Lipinski definition) is 1. The molecule has 0 aromatic heterocycles. The zero-order valence-electron chi connectivity index (χ0n) is 11.3. The average molecular weight is 333 g/mol. The van der Waals surface area contributed by atoms with Gasteiger partial charge in [-0.05, 0) is 40.0 Å². The first kappa shape index (κ1) is 14.6. The Kier molecular flexibility index (Phi) is 5.18. The first-order chi connectivity index (χ1) is 9.70. The predicted octanol–water partition coefficient (Wildman–Crippen LogP) is 4.72. The highest BCUT2D eigenvalue weighted by Crippen LogP contribution is 2.22. The number of halogens is 1. The van der Waals surface area contributed by atoms with E-state index in [1.807, 2.05) is 54.6 Å². The maximum atomic E-state index is 12.1. The third-order valence-corrected chi connectivity index (χ3v) is 3.73. The van der Waals surface area contributed by atoms with Crippen LogP contribution in [0.1, 0.15) is 24.9 Å². The normalized spacial score (nSPS) is 11.7. The number of hydrogen-bond donors (Lipinski definition) is 2. The van der Waals surface area contributed by atoms with Gasteiger partial charge in [-0.1, -0.05) is 49.4 Å². The van der Waals surface area contributed by atoms with Crippen molar-refractivity contribution in [2.75, 3.05) is 5.32 Å². The number of benzene rings is 2. The first-order valence-electron chi connectivity index (χ1n) is 6.57. The molecule has 0 aliphatic heterocycles. The van der Waals surface area contributed by atoms with Gasteiger partial charge in [-0.15, -0.1) is 0 Å². The van der Waals surface area contributed by atoms with Crippen molar-refractivity contribution in [1.82, 2.24) is 5.32 Å². The number of rotatable bonds is 4. The van der Waals surface area contributed by atoms with Gasteiger partial charge >= 0.3 is 6.03 Å². The molecule has 0 radical (unpaired) electrons. The van der Waals surface area contributed by atoms with Gasteiger partial charge in [0.2, 0.25) is 0 Å². The van der Waals surface area contributed by atoms with Crippen molar-refractivity contribution >= 4 is 27.6 Å². The molecule has 0 aliphatic carbocycles. The van der Waals surface area contributed by atoms with E-state index in [1.54, 1.807) is 0 Å².